The van der Waals surface area contributed by atoms with E-state index in [1.54, 1.807) is 0 Å². The van der Waals surface area contributed by atoms with Crippen LogP contribution in [0, 0.1) is 5.92 Å². The van der Waals surface area contributed by atoms with Gasteiger partial charge in [-0.2, -0.15) is 0 Å². The Morgan fingerprint density at radius 2 is 2.00 bits per heavy atom. The van der Waals surface area contributed by atoms with E-state index in [4.69, 9.17) is 4.74 Å². The summed E-state index contributed by atoms with van der Waals surface area (Å²) in [6, 6.07) is 10.1. The lowest BCUT2D eigenvalue weighted by Crippen LogP contribution is -2.46. The molecule has 1 aromatic carbocycles. The van der Waals surface area contributed by atoms with Crippen molar-refractivity contribution in [2.75, 3.05) is 0 Å². The first kappa shape index (κ1) is 10.2. The summed E-state index contributed by atoms with van der Waals surface area (Å²) in [7, 11) is 0. The van der Waals surface area contributed by atoms with E-state index in [2.05, 4.69) is 19.1 Å². The van der Waals surface area contributed by atoms with Gasteiger partial charge in [0.05, 0.1) is 5.92 Å². The topological polar surface area (TPSA) is 26.3 Å². The molecule has 1 saturated heterocycles. The Labute approximate surface area is 90.3 Å². The Morgan fingerprint density at radius 3 is 2.60 bits per heavy atom. The predicted molar refractivity (Wildman–Crippen MR) is 58.4 cm³/mol. The van der Waals surface area contributed by atoms with E-state index in [1.807, 2.05) is 18.2 Å². The Bertz CT molecular complexity index is 332. The number of ether oxygens (including phenoxy) is 1. The number of benzene rings is 1. The molecular formula is C13H16O2. The number of hydrogen-bond donors (Lipinski definition) is 0. The van der Waals surface area contributed by atoms with Gasteiger partial charge in [0.2, 0.25) is 0 Å². The molecule has 0 aliphatic carbocycles. The zero-order valence-electron chi connectivity index (χ0n) is 8.98. The minimum absolute atomic E-state index is 0.0303. The minimum Gasteiger partial charge on any atom is -0.461 e. The molecule has 80 valence electrons. The Morgan fingerprint density at radius 1 is 1.27 bits per heavy atom. The fourth-order valence-corrected chi connectivity index (χ4v) is 2.03. The summed E-state index contributed by atoms with van der Waals surface area (Å²) >= 11 is 0. The molecule has 2 atom stereocenters. The molecule has 0 N–H and O–H groups in total. The third kappa shape index (κ3) is 2.20. The number of carbonyl (C=O) groups excluding carboxylic acids is 1. The monoisotopic (exact) mass is 204 g/mol. The SMILES string of the molecule is CCC[C@H]1OC(=O)[C@@H]1Cc1ccccc1. The van der Waals surface area contributed by atoms with Crippen molar-refractivity contribution in [1.82, 2.24) is 0 Å². The van der Waals surface area contributed by atoms with Gasteiger partial charge < -0.3 is 4.74 Å². The van der Waals surface area contributed by atoms with Crippen LogP contribution in [0.15, 0.2) is 30.3 Å². The second-order valence-electron chi connectivity index (χ2n) is 4.06. The maximum atomic E-state index is 11.3. The van der Waals surface area contributed by atoms with E-state index >= 15 is 0 Å². The van der Waals surface area contributed by atoms with Crippen molar-refractivity contribution in [3.63, 3.8) is 0 Å². The number of carbonyl (C=O) groups is 1. The van der Waals surface area contributed by atoms with Crippen LogP contribution >= 0.6 is 0 Å². The highest BCUT2D eigenvalue weighted by Gasteiger charge is 2.41. The van der Waals surface area contributed by atoms with E-state index in [0.29, 0.717) is 0 Å². The van der Waals surface area contributed by atoms with Gasteiger partial charge in [-0.1, -0.05) is 43.7 Å². The lowest BCUT2D eigenvalue weighted by Gasteiger charge is -2.35. The quantitative estimate of drug-likeness (QED) is 0.704. The highest BCUT2D eigenvalue weighted by molar-refractivity contribution is 5.78. The van der Waals surface area contributed by atoms with Crippen molar-refractivity contribution in [3.8, 4) is 0 Å². The highest BCUT2D eigenvalue weighted by atomic mass is 16.6. The van der Waals surface area contributed by atoms with Crippen molar-refractivity contribution in [2.24, 2.45) is 5.92 Å². The first-order valence-corrected chi connectivity index (χ1v) is 5.55. The standard InChI is InChI=1S/C13H16O2/c1-2-6-12-11(13(14)15-12)9-10-7-4-3-5-8-10/h3-5,7-8,11-12H,2,6,9H2,1H3/t11-,12-/m1/s1. The molecule has 0 radical (unpaired) electrons. The zero-order valence-corrected chi connectivity index (χ0v) is 8.98. The Kier molecular flexibility index (Phi) is 3.05. The smallest absolute Gasteiger partial charge is 0.313 e. The molecule has 0 aromatic heterocycles. The van der Waals surface area contributed by atoms with E-state index in [1.165, 1.54) is 5.56 Å². The van der Waals surface area contributed by atoms with Gasteiger partial charge in [-0.15, -0.1) is 0 Å². The van der Waals surface area contributed by atoms with E-state index in [9.17, 15) is 4.79 Å². The molecule has 2 nitrogen and oxygen atoms in total. The summed E-state index contributed by atoms with van der Waals surface area (Å²) in [6.07, 6.45) is 3.04. The van der Waals surface area contributed by atoms with Crippen LogP contribution in [0.4, 0.5) is 0 Å². The number of rotatable bonds is 4. The third-order valence-corrected chi connectivity index (χ3v) is 2.89. The highest BCUT2D eigenvalue weighted by Crippen LogP contribution is 2.29. The summed E-state index contributed by atoms with van der Waals surface area (Å²) in [5, 5.41) is 0. The van der Waals surface area contributed by atoms with Crippen LogP contribution in [-0.2, 0) is 16.0 Å². The molecule has 1 fully saturated rings. The maximum Gasteiger partial charge on any atom is 0.313 e. The average Bonchev–Trinajstić information content (AvgIpc) is 2.27. The van der Waals surface area contributed by atoms with Crippen molar-refractivity contribution in [2.45, 2.75) is 32.3 Å². The van der Waals surface area contributed by atoms with Gasteiger partial charge in [0, 0.05) is 0 Å². The number of cyclic esters (lactones) is 1. The van der Waals surface area contributed by atoms with Crippen LogP contribution in [0.25, 0.3) is 0 Å². The molecule has 1 aromatic rings. The molecular weight excluding hydrogens is 188 g/mol. The van der Waals surface area contributed by atoms with Gasteiger partial charge >= 0.3 is 5.97 Å². The van der Waals surface area contributed by atoms with Gasteiger partial charge in [-0.25, -0.2) is 0 Å². The summed E-state index contributed by atoms with van der Waals surface area (Å²) in [5.74, 6) is 0.0599. The van der Waals surface area contributed by atoms with Crippen molar-refractivity contribution in [3.05, 3.63) is 35.9 Å². The molecule has 1 aliphatic rings. The van der Waals surface area contributed by atoms with Crippen LogP contribution < -0.4 is 0 Å². The average molecular weight is 204 g/mol. The second-order valence-corrected chi connectivity index (χ2v) is 4.06. The van der Waals surface area contributed by atoms with Crippen molar-refractivity contribution < 1.29 is 9.53 Å². The van der Waals surface area contributed by atoms with Crippen LogP contribution in [0.2, 0.25) is 0 Å². The number of hydrogen-bond acceptors (Lipinski definition) is 2. The predicted octanol–water partition coefficient (Wildman–Crippen LogP) is 2.57. The van der Waals surface area contributed by atoms with Gasteiger partial charge in [0.1, 0.15) is 6.10 Å². The Balaban J connectivity index is 1.96. The fraction of sp³-hybridized carbons (Fsp3) is 0.462. The summed E-state index contributed by atoms with van der Waals surface area (Å²) in [5.41, 5.74) is 1.22. The van der Waals surface area contributed by atoms with E-state index in [0.717, 1.165) is 19.3 Å². The molecule has 0 bridgehead atoms. The number of esters is 1. The van der Waals surface area contributed by atoms with Gasteiger partial charge in [-0.05, 0) is 18.4 Å². The molecule has 15 heavy (non-hydrogen) atoms. The first-order chi connectivity index (χ1) is 7.31. The molecule has 0 saturated carbocycles. The van der Waals surface area contributed by atoms with Gasteiger partial charge in [0.15, 0.2) is 0 Å². The molecule has 0 unspecified atom stereocenters. The molecule has 1 heterocycles. The molecule has 2 rings (SSSR count). The molecule has 1 aliphatic heterocycles. The van der Waals surface area contributed by atoms with Crippen LogP contribution in [-0.4, -0.2) is 12.1 Å². The van der Waals surface area contributed by atoms with Crippen molar-refractivity contribution >= 4 is 5.97 Å². The largest absolute Gasteiger partial charge is 0.461 e. The lowest BCUT2D eigenvalue weighted by atomic mass is 9.87. The van der Waals surface area contributed by atoms with Gasteiger partial charge in [0.25, 0.3) is 0 Å². The Hall–Kier alpha value is -1.31. The van der Waals surface area contributed by atoms with Gasteiger partial charge in [-0.3, -0.25) is 4.79 Å². The summed E-state index contributed by atoms with van der Waals surface area (Å²) in [6.45, 7) is 2.12. The lowest BCUT2D eigenvalue weighted by molar-refractivity contribution is -0.185. The molecule has 0 spiro atoms. The van der Waals surface area contributed by atoms with Crippen LogP contribution in [0.1, 0.15) is 25.3 Å². The summed E-state index contributed by atoms with van der Waals surface area (Å²) in [4.78, 5) is 11.3. The van der Waals surface area contributed by atoms with E-state index < -0.39 is 0 Å². The van der Waals surface area contributed by atoms with Crippen LogP contribution in [0.3, 0.4) is 0 Å². The summed E-state index contributed by atoms with van der Waals surface area (Å²) < 4.78 is 5.13. The second kappa shape index (κ2) is 4.47. The third-order valence-electron chi connectivity index (χ3n) is 2.89. The maximum absolute atomic E-state index is 11.3. The zero-order chi connectivity index (χ0) is 10.7. The molecule has 0 amide bonds. The normalized spacial score (nSPS) is 24.5. The minimum atomic E-state index is -0.0303. The fourth-order valence-electron chi connectivity index (χ4n) is 2.03. The van der Waals surface area contributed by atoms with Crippen LogP contribution in [0.5, 0.6) is 0 Å². The van der Waals surface area contributed by atoms with E-state index in [-0.39, 0.29) is 18.0 Å². The molecule has 2 heteroatoms. The van der Waals surface area contributed by atoms with Crippen molar-refractivity contribution in [1.29, 1.82) is 0 Å². The first-order valence-electron chi connectivity index (χ1n) is 5.55.